The Labute approximate surface area is 60.6 Å². The number of hydrogen-bond acceptors (Lipinski definition) is 0. The van der Waals surface area contributed by atoms with Gasteiger partial charge >= 0.3 is 0 Å². The minimum absolute atomic E-state index is 1.11. The molecule has 0 heteroatoms. The molecule has 2 aliphatic carbocycles. The summed E-state index contributed by atoms with van der Waals surface area (Å²) in [5.74, 6) is 0. The van der Waals surface area contributed by atoms with E-state index in [1.54, 1.807) is 0 Å². The maximum atomic E-state index is 3.92. The van der Waals surface area contributed by atoms with Crippen LogP contribution in [0.4, 0.5) is 0 Å². The number of allylic oxidation sites excluding steroid dienone is 9. The standard InChI is InChI=1S/C10H8/c1-8(7-9-5-6-9)10-3-2-4-10/h2-7H,1H2. The summed E-state index contributed by atoms with van der Waals surface area (Å²) >= 11 is 0. The van der Waals surface area contributed by atoms with E-state index in [4.69, 9.17) is 0 Å². The molecular weight excluding hydrogens is 120 g/mol. The number of hydrogen-bond donors (Lipinski definition) is 0. The average molecular weight is 128 g/mol. The van der Waals surface area contributed by atoms with Gasteiger partial charge in [0.05, 0.1) is 0 Å². The van der Waals surface area contributed by atoms with Crippen LogP contribution in [0.5, 0.6) is 0 Å². The van der Waals surface area contributed by atoms with Crippen molar-refractivity contribution in [1.29, 1.82) is 0 Å². The van der Waals surface area contributed by atoms with Crippen molar-refractivity contribution in [2.75, 3.05) is 0 Å². The van der Waals surface area contributed by atoms with Gasteiger partial charge in [-0.25, -0.2) is 0 Å². The molecule has 0 bridgehead atoms. The van der Waals surface area contributed by atoms with Crippen molar-refractivity contribution in [1.82, 2.24) is 0 Å². The van der Waals surface area contributed by atoms with Crippen LogP contribution in [-0.4, -0.2) is 0 Å². The lowest BCUT2D eigenvalue weighted by atomic mass is 10.0. The van der Waals surface area contributed by atoms with E-state index in [9.17, 15) is 0 Å². The zero-order valence-electron chi connectivity index (χ0n) is 5.67. The minimum Gasteiger partial charge on any atom is -0.0911 e. The van der Waals surface area contributed by atoms with Crippen LogP contribution < -0.4 is 0 Å². The van der Waals surface area contributed by atoms with E-state index in [1.807, 2.05) is 6.08 Å². The second kappa shape index (κ2) is 1.84. The van der Waals surface area contributed by atoms with Crippen LogP contribution in [0.2, 0.25) is 0 Å². The van der Waals surface area contributed by atoms with E-state index in [0.717, 1.165) is 5.57 Å². The topological polar surface area (TPSA) is 0 Å². The van der Waals surface area contributed by atoms with Gasteiger partial charge in [0, 0.05) is 0 Å². The summed E-state index contributed by atoms with van der Waals surface area (Å²) in [6, 6.07) is 0. The van der Waals surface area contributed by atoms with Crippen molar-refractivity contribution in [2.24, 2.45) is 0 Å². The molecule has 0 unspecified atom stereocenters. The highest BCUT2D eigenvalue weighted by Gasteiger charge is 2.03. The highest BCUT2D eigenvalue weighted by atomic mass is 14.1. The van der Waals surface area contributed by atoms with E-state index in [2.05, 4.69) is 37.0 Å². The van der Waals surface area contributed by atoms with Gasteiger partial charge in [-0.3, -0.25) is 0 Å². The molecule has 0 fully saturated rings. The van der Waals surface area contributed by atoms with Crippen LogP contribution in [0.25, 0.3) is 0 Å². The summed E-state index contributed by atoms with van der Waals surface area (Å²) < 4.78 is 0. The van der Waals surface area contributed by atoms with Gasteiger partial charge in [0.15, 0.2) is 0 Å². The van der Waals surface area contributed by atoms with Gasteiger partial charge < -0.3 is 0 Å². The Hall–Kier alpha value is -1.30. The number of rotatable bonds is 2. The van der Waals surface area contributed by atoms with Crippen LogP contribution in [-0.2, 0) is 0 Å². The Morgan fingerprint density at radius 2 is 2.00 bits per heavy atom. The largest absolute Gasteiger partial charge is 0.0911 e. The molecule has 0 aromatic carbocycles. The van der Waals surface area contributed by atoms with Crippen molar-refractivity contribution < 1.29 is 0 Å². The SMILES string of the molecule is C=C(C=C1C=C1)C1=CC=C1. The first kappa shape index (κ1) is 5.48. The Bertz CT molecular complexity index is 288. The third-order valence-electron chi connectivity index (χ3n) is 1.62. The Morgan fingerprint density at radius 1 is 1.30 bits per heavy atom. The molecule has 0 radical (unpaired) electrons. The molecule has 2 aliphatic rings. The molecule has 0 N–H and O–H groups in total. The summed E-state index contributed by atoms with van der Waals surface area (Å²) in [6.07, 6.45) is 12.4. The summed E-state index contributed by atoms with van der Waals surface area (Å²) in [6.45, 7) is 3.92. The van der Waals surface area contributed by atoms with Crippen LogP contribution in [0.1, 0.15) is 0 Å². The first-order valence-electron chi connectivity index (χ1n) is 3.34. The molecule has 0 heterocycles. The normalized spacial score (nSPS) is 18.0. The Kier molecular flexibility index (Phi) is 1.01. The fourth-order valence-corrected chi connectivity index (χ4v) is 0.835. The average Bonchev–Trinajstić information content (AvgIpc) is 2.43. The first-order valence-corrected chi connectivity index (χ1v) is 3.34. The predicted molar refractivity (Wildman–Crippen MR) is 43.6 cm³/mol. The van der Waals surface area contributed by atoms with Crippen molar-refractivity contribution >= 4 is 0 Å². The first-order chi connectivity index (χ1) is 4.86. The predicted octanol–water partition coefficient (Wildman–Crippen LogP) is 2.54. The van der Waals surface area contributed by atoms with Crippen LogP contribution in [0, 0.1) is 0 Å². The van der Waals surface area contributed by atoms with Gasteiger partial charge in [-0.1, -0.05) is 37.0 Å². The maximum Gasteiger partial charge on any atom is -0.0190 e. The fraction of sp³-hybridized carbons (Fsp3) is 0. The van der Waals surface area contributed by atoms with E-state index in [1.165, 1.54) is 11.1 Å². The van der Waals surface area contributed by atoms with Crippen LogP contribution in [0.15, 0.2) is 59.8 Å². The van der Waals surface area contributed by atoms with Crippen molar-refractivity contribution in [2.45, 2.75) is 0 Å². The van der Waals surface area contributed by atoms with E-state index in [0.29, 0.717) is 0 Å². The molecule has 0 amide bonds. The van der Waals surface area contributed by atoms with Gasteiger partial charge in [0.2, 0.25) is 0 Å². The monoisotopic (exact) mass is 128 g/mol. The van der Waals surface area contributed by atoms with E-state index in [-0.39, 0.29) is 0 Å². The quantitative estimate of drug-likeness (QED) is 0.536. The fourth-order valence-electron chi connectivity index (χ4n) is 0.835. The molecule has 2 rings (SSSR count). The molecule has 0 saturated carbocycles. The van der Waals surface area contributed by atoms with Crippen molar-refractivity contribution in [3.05, 3.63) is 59.8 Å². The molecule has 0 aliphatic heterocycles. The molecule has 0 aromatic heterocycles. The van der Waals surface area contributed by atoms with Crippen molar-refractivity contribution in [3.63, 3.8) is 0 Å². The van der Waals surface area contributed by atoms with Crippen LogP contribution >= 0.6 is 0 Å². The highest BCUT2D eigenvalue weighted by Crippen LogP contribution is 2.23. The third kappa shape index (κ3) is 0.883. The summed E-state index contributed by atoms with van der Waals surface area (Å²) in [5, 5.41) is 0. The molecule has 0 atom stereocenters. The van der Waals surface area contributed by atoms with Gasteiger partial charge in [-0.05, 0) is 22.8 Å². The lowest BCUT2D eigenvalue weighted by molar-refractivity contribution is 1.50. The molecule has 0 nitrogen and oxygen atoms in total. The minimum atomic E-state index is 1.11. The van der Waals surface area contributed by atoms with Gasteiger partial charge in [-0.15, -0.1) is 0 Å². The highest BCUT2D eigenvalue weighted by molar-refractivity contribution is 5.59. The maximum absolute atomic E-state index is 3.92. The summed E-state index contributed by atoms with van der Waals surface area (Å²) in [5.41, 5.74) is 3.66. The second-order valence-corrected chi connectivity index (χ2v) is 2.48. The summed E-state index contributed by atoms with van der Waals surface area (Å²) in [4.78, 5) is 0. The van der Waals surface area contributed by atoms with Crippen molar-refractivity contribution in [3.8, 4) is 0 Å². The molecule has 10 heavy (non-hydrogen) atoms. The van der Waals surface area contributed by atoms with Gasteiger partial charge in [0.25, 0.3) is 0 Å². The Morgan fingerprint density at radius 3 is 2.40 bits per heavy atom. The van der Waals surface area contributed by atoms with Gasteiger partial charge in [-0.2, -0.15) is 0 Å². The second-order valence-electron chi connectivity index (χ2n) is 2.48. The molecular formula is C10H8. The molecule has 0 aromatic rings. The van der Waals surface area contributed by atoms with Gasteiger partial charge in [0.1, 0.15) is 0 Å². The zero-order chi connectivity index (χ0) is 6.97. The lowest BCUT2D eigenvalue weighted by Gasteiger charge is -2.05. The lowest BCUT2D eigenvalue weighted by Crippen LogP contribution is -1.85. The van der Waals surface area contributed by atoms with E-state index < -0.39 is 0 Å². The third-order valence-corrected chi connectivity index (χ3v) is 1.62. The molecule has 0 spiro atoms. The zero-order valence-corrected chi connectivity index (χ0v) is 5.67. The summed E-state index contributed by atoms with van der Waals surface area (Å²) in [7, 11) is 0. The Balaban J connectivity index is 2.05. The smallest absolute Gasteiger partial charge is 0.0190 e. The molecule has 0 saturated heterocycles. The van der Waals surface area contributed by atoms with Crippen LogP contribution in [0.3, 0.4) is 0 Å². The van der Waals surface area contributed by atoms with E-state index >= 15 is 0 Å². The molecule has 48 valence electrons.